The fraction of sp³-hybridized carbons (Fsp3) is 0.240. The number of ketones is 1. The molecule has 1 aliphatic heterocycles. The topological polar surface area (TPSA) is 145 Å². The second-order valence-electron chi connectivity index (χ2n) is 8.71. The molecule has 2 heterocycles. The third-order valence-electron chi connectivity index (χ3n) is 6.76. The van der Waals surface area contributed by atoms with E-state index < -0.39 is 11.6 Å². The average molecular weight is 476 g/mol. The second-order valence-corrected chi connectivity index (χ2v) is 9.74. The van der Waals surface area contributed by atoms with Gasteiger partial charge in [0.25, 0.3) is 5.91 Å². The number of anilines is 1. The third-order valence-corrected chi connectivity index (χ3v) is 8.01. The van der Waals surface area contributed by atoms with E-state index in [-0.39, 0.29) is 23.6 Å². The molecule has 174 valence electrons. The van der Waals surface area contributed by atoms with E-state index in [9.17, 15) is 14.4 Å². The summed E-state index contributed by atoms with van der Waals surface area (Å²) >= 11 is 1.21. The first-order chi connectivity index (χ1) is 16.3. The molecular weight excluding hydrogens is 450 g/mol. The van der Waals surface area contributed by atoms with E-state index in [2.05, 4.69) is 11.9 Å². The van der Waals surface area contributed by atoms with Crippen molar-refractivity contribution >= 4 is 44.7 Å². The summed E-state index contributed by atoms with van der Waals surface area (Å²) in [5.41, 5.74) is 20.3. The molecule has 2 aliphatic rings. The quantitative estimate of drug-likeness (QED) is 0.334. The fourth-order valence-electron chi connectivity index (χ4n) is 5.01. The van der Waals surface area contributed by atoms with Crippen LogP contribution in [0.2, 0.25) is 0 Å². The Morgan fingerprint density at radius 3 is 2.65 bits per heavy atom. The zero-order chi connectivity index (χ0) is 24.2. The smallest absolute Gasteiger partial charge is 0.262 e. The van der Waals surface area contributed by atoms with Gasteiger partial charge in [-0.1, -0.05) is 43.0 Å². The van der Waals surface area contributed by atoms with Crippen LogP contribution in [0.5, 0.6) is 0 Å². The standard InChI is InChI=1S/C25H25N5O3S/c1-2-17(31)30-11-10-14(12-30)29-24(33)22-19-18-15(8-9-16(26)21(18)34-22)25(28,23(32)20(19)27)13-6-4-3-5-7-13/h2-9,14,20H,1,10-12,26-28H2,(H,29,33). The van der Waals surface area contributed by atoms with Crippen molar-refractivity contribution in [3.05, 3.63) is 76.7 Å². The number of nitrogens with two attached hydrogens (primary N) is 3. The van der Waals surface area contributed by atoms with Gasteiger partial charge in [-0.3, -0.25) is 14.4 Å². The Bertz CT molecular complexity index is 1350. The number of nitrogens with zero attached hydrogens (tertiary/aromatic N) is 1. The van der Waals surface area contributed by atoms with Crippen molar-refractivity contribution in [2.45, 2.75) is 24.0 Å². The number of nitrogen functional groups attached to an aromatic ring is 1. The molecule has 1 saturated heterocycles. The van der Waals surface area contributed by atoms with Crippen LogP contribution in [-0.4, -0.2) is 41.6 Å². The summed E-state index contributed by atoms with van der Waals surface area (Å²) in [7, 11) is 0. The van der Waals surface area contributed by atoms with Crippen molar-refractivity contribution in [2.75, 3.05) is 18.8 Å². The minimum atomic E-state index is -1.45. The van der Waals surface area contributed by atoms with Gasteiger partial charge in [0, 0.05) is 35.8 Å². The Balaban J connectivity index is 1.59. The Morgan fingerprint density at radius 1 is 1.21 bits per heavy atom. The molecule has 5 rings (SSSR count). The number of benzene rings is 2. The minimum absolute atomic E-state index is 0.168. The number of hydrogen-bond acceptors (Lipinski definition) is 7. The maximum atomic E-state index is 13.6. The zero-order valence-electron chi connectivity index (χ0n) is 18.4. The molecule has 0 radical (unpaired) electrons. The highest BCUT2D eigenvalue weighted by molar-refractivity contribution is 7.21. The van der Waals surface area contributed by atoms with Crippen molar-refractivity contribution < 1.29 is 14.4 Å². The normalized spacial score (nSPS) is 23.8. The van der Waals surface area contributed by atoms with E-state index >= 15 is 0 Å². The number of carbonyl (C=O) groups excluding carboxylic acids is 3. The molecule has 2 aromatic carbocycles. The van der Waals surface area contributed by atoms with Gasteiger partial charge in [0.05, 0.1) is 15.6 Å². The Morgan fingerprint density at radius 2 is 1.94 bits per heavy atom. The summed E-state index contributed by atoms with van der Waals surface area (Å²) in [4.78, 5) is 40.9. The van der Waals surface area contributed by atoms with Crippen LogP contribution in [0.25, 0.3) is 10.1 Å². The molecular formula is C25H25N5O3S. The SMILES string of the molecule is C=CC(=O)N1CCC(NC(=O)c2sc3c(N)ccc4c3c2C(N)C(=O)C4(N)c2ccccc2)C1. The predicted molar refractivity (Wildman–Crippen MR) is 132 cm³/mol. The van der Waals surface area contributed by atoms with Gasteiger partial charge < -0.3 is 27.4 Å². The molecule has 2 amide bonds. The molecule has 0 saturated carbocycles. The van der Waals surface area contributed by atoms with Crippen LogP contribution < -0.4 is 22.5 Å². The summed E-state index contributed by atoms with van der Waals surface area (Å²) in [5.74, 6) is -0.890. The highest BCUT2D eigenvalue weighted by Crippen LogP contribution is 2.49. The molecule has 9 heteroatoms. The molecule has 7 N–H and O–H groups in total. The van der Waals surface area contributed by atoms with Crippen LogP contribution >= 0.6 is 11.3 Å². The Kier molecular flexibility index (Phi) is 5.27. The molecule has 3 aromatic rings. The van der Waals surface area contributed by atoms with Crippen LogP contribution in [-0.2, 0) is 15.1 Å². The van der Waals surface area contributed by atoms with Crippen molar-refractivity contribution in [1.29, 1.82) is 0 Å². The molecule has 1 fully saturated rings. The molecule has 3 atom stereocenters. The summed E-state index contributed by atoms with van der Waals surface area (Å²) < 4.78 is 0.682. The number of thiophene rings is 1. The molecule has 3 unspecified atom stereocenters. The number of nitrogens with one attached hydrogen (secondary N) is 1. The third kappa shape index (κ3) is 3.16. The van der Waals surface area contributed by atoms with Gasteiger partial charge in [-0.05, 0) is 29.7 Å². The van der Waals surface area contributed by atoms with Crippen molar-refractivity contribution in [1.82, 2.24) is 10.2 Å². The summed E-state index contributed by atoms with van der Waals surface area (Å²) in [6.45, 7) is 4.45. The van der Waals surface area contributed by atoms with Crippen molar-refractivity contribution in [3.63, 3.8) is 0 Å². The average Bonchev–Trinajstić information content (AvgIpc) is 3.48. The van der Waals surface area contributed by atoms with Gasteiger partial charge in [0.2, 0.25) is 5.91 Å². The van der Waals surface area contributed by atoms with Crippen LogP contribution in [0.15, 0.2) is 55.1 Å². The highest BCUT2D eigenvalue weighted by Gasteiger charge is 2.48. The molecule has 0 spiro atoms. The Hall–Kier alpha value is -3.53. The van der Waals surface area contributed by atoms with Gasteiger partial charge in [0.1, 0.15) is 5.54 Å². The van der Waals surface area contributed by atoms with Crippen LogP contribution in [0.3, 0.4) is 0 Å². The van der Waals surface area contributed by atoms with Gasteiger partial charge >= 0.3 is 0 Å². The maximum Gasteiger partial charge on any atom is 0.262 e. The number of likely N-dealkylation sites (tertiary alicyclic amines) is 1. The van der Waals surface area contributed by atoms with Gasteiger partial charge in [0.15, 0.2) is 5.78 Å². The van der Waals surface area contributed by atoms with Gasteiger partial charge in [-0.2, -0.15) is 0 Å². The number of carbonyl (C=O) groups is 3. The minimum Gasteiger partial charge on any atom is -0.398 e. The van der Waals surface area contributed by atoms with E-state index in [4.69, 9.17) is 17.2 Å². The lowest BCUT2D eigenvalue weighted by Crippen LogP contribution is -2.52. The lowest BCUT2D eigenvalue weighted by molar-refractivity contribution is -0.125. The van der Waals surface area contributed by atoms with Crippen LogP contribution in [0.1, 0.15) is 38.8 Å². The number of Topliss-reactive ketones (excluding diaryl/α,β-unsaturated/α-hetero) is 1. The zero-order valence-corrected chi connectivity index (χ0v) is 19.2. The molecule has 1 aliphatic carbocycles. The molecule has 0 bridgehead atoms. The lowest BCUT2D eigenvalue weighted by atomic mass is 9.70. The highest BCUT2D eigenvalue weighted by atomic mass is 32.1. The summed E-state index contributed by atoms with van der Waals surface area (Å²) in [6.07, 6.45) is 1.89. The largest absolute Gasteiger partial charge is 0.398 e. The van der Waals surface area contributed by atoms with E-state index in [1.54, 1.807) is 29.2 Å². The van der Waals surface area contributed by atoms with Gasteiger partial charge in [-0.25, -0.2) is 0 Å². The van der Waals surface area contributed by atoms with E-state index in [0.717, 1.165) is 0 Å². The summed E-state index contributed by atoms with van der Waals surface area (Å²) in [5, 5.41) is 3.66. The molecule has 1 aromatic heterocycles. The monoisotopic (exact) mass is 475 g/mol. The molecule has 8 nitrogen and oxygen atoms in total. The van der Waals surface area contributed by atoms with E-state index in [0.29, 0.717) is 56.9 Å². The predicted octanol–water partition coefficient (Wildman–Crippen LogP) is 1.79. The maximum absolute atomic E-state index is 13.6. The first-order valence-electron chi connectivity index (χ1n) is 11.0. The van der Waals surface area contributed by atoms with Crippen LogP contribution in [0.4, 0.5) is 5.69 Å². The van der Waals surface area contributed by atoms with E-state index in [1.807, 2.05) is 18.2 Å². The van der Waals surface area contributed by atoms with E-state index in [1.165, 1.54) is 17.4 Å². The van der Waals surface area contributed by atoms with Crippen molar-refractivity contribution in [2.24, 2.45) is 11.5 Å². The number of hydrogen-bond donors (Lipinski definition) is 4. The second kappa shape index (κ2) is 8.05. The molecule has 34 heavy (non-hydrogen) atoms. The lowest BCUT2D eigenvalue weighted by Gasteiger charge is -2.36. The first-order valence-corrected chi connectivity index (χ1v) is 11.8. The Labute approximate surface area is 200 Å². The van der Waals surface area contributed by atoms with Gasteiger partial charge in [-0.15, -0.1) is 11.3 Å². The first kappa shape index (κ1) is 22.3. The fourth-order valence-corrected chi connectivity index (χ4v) is 6.21. The summed E-state index contributed by atoms with van der Waals surface area (Å²) in [6, 6.07) is 11.3. The number of amides is 2. The van der Waals surface area contributed by atoms with Crippen molar-refractivity contribution in [3.8, 4) is 0 Å². The number of rotatable bonds is 4. The van der Waals surface area contributed by atoms with Crippen LogP contribution in [0, 0.1) is 0 Å².